The van der Waals surface area contributed by atoms with E-state index in [0.29, 0.717) is 6.20 Å². The lowest BCUT2D eigenvalue weighted by Crippen LogP contribution is -2.19. The molecule has 1 aromatic rings. The van der Waals surface area contributed by atoms with Crippen molar-refractivity contribution in [3.63, 3.8) is 0 Å². The fraction of sp³-hybridized carbons (Fsp3) is 0.375. The molecule has 3 nitrogen and oxygen atoms in total. The normalized spacial score (nSPS) is 12.0. The maximum atomic E-state index is 12.5. The smallest absolute Gasteiger partial charge is 0.404 e. The molecule has 0 amide bonds. The first-order valence-electron chi connectivity index (χ1n) is 4.17. The van der Waals surface area contributed by atoms with Crippen molar-refractivity contribution < 1.29 is 26.7 Å². The second-order valence-corrected chi connectivity index (χ2v) is 3.65. The Kier molecular flexibility index (Phi) is 4.26. The lowest BCUT2D eigenvalue weighted by molar-refractivity contribution is -0.275. The van der Waals surface area contributed by atoms with E-state index in [2.05, 4.69) is 25.7 Å². The highest BCUT2D eigenvalue weighted by atomic mass is 79.9. The van der Waals surface area contributed by atoms with Gasteiger partial charge < -0.3 is 10.5 Å². The summed E-state index contributed by atoms with van der Waals surface area (Å²) in [6.45, 7) is -0.210. The van der Waals surface area contributed by atoms with Gasteiger partial charge in [0.15, 0.2) is 5.75 Å². The van der Waals surface area contributed by atoms with Crippen LogP contribution in [0.5, 0.6) is 5.75 Å². The van der Waals surface area contributed by atoms with Crippen LogP contribution < -0.4 is 10.5 Å². The topological polar surface area (TPSA) is 48.1 Å². The third-order valence-electron chi connectivity index (χ3n) is 1.72. The van der Waals surface area contributed by atoms with E-state index in [-0.39, 0.29) is 16.7 Å². The molecule has 1 rings (SSSR count). The summed E-state index contributed by atoms with van der Waals surface area (Å²) in [7, 11) is 0. The Labute approximate surface area is 101 Å². The first kappa shape index (κ1) is 14.1. The second kappa shape index (κ2) is 5.13. The molecule has 0 aromatic carbocycles. The second-order valence-electron chi connectivity index (χ2n) is 2.86. The summed E-state index contributed by atoms with van der Waals surface area (Å²) in [6, 6.07) is 0. The number of ether oxygens (including phenoxy) is 1. The van der Waals surface area contributed by atoms with Crippen LogP contribution in [0.2, 0.25) is 0 Å². The van der Waals surface area contributed by atoms with Gasteiger partial charge in [-0.05, 0) is 15.9 Å². The van der Waals surface area contributed by atoms with E-state index in [1.165, 1.54) is 0 Å². The van der Waals surface area contributed by atoms with Crippen LogP contribution in [0.15, 0.2) is 10.7 Å². The van der Waals surface area contributed by atoms with Crippen molar-refractivity contribution in [1.29, 1.82) is 0 Å². The molecule has 0 atom stereocenters. The standard InChI is InChI=1S/C8H6BrF5N2O/c9-5-4(1-15)16-2-3(7(10)11)6(5)17-8(12,13)14/h2,7H,1,15H2. The number of nitrogens with two attached hydrogens (primary N) is 1. The average molecular weight is 321 g/mol. The summed E-state index contributed by atoms with van der Waals surface area (Å²) in [5.41, 5.74) is 4.23. The Morgan fingerprint density at radius 3 is 2.41 bits per heavy atom. The monoisotopic (exact) mass is 320 g/mol. The Bertz CT molecular complexity index is 410. The van der Waals surface area contributed by atoms with Crippen molar-refractivity contribution >= 4 is 15.9 Å². The molecule has 0 aliphatic carbocycles. The van der Waals surface area contributed by atoms with Gasteiger partial charge in [-0.1, -0.05) is 0 Å². The van der Waals surface area contributed by atoms with Gasteiger partial charge in [0.25, 0.3) is 6.43 Å². The van der Waals surface area contributed by atoms with Crippen molar-refractivity contribution in [3.8, 4) is 5.75 Å². The van der Waals surface area contributed by atoms with E-state index in [0.717, 1.165) is 0 Å². The third kappa shape index (κ3) is 3.50. The maximum absolute atomic E-state index is 12.5. The number of alkyl halides is 5. The molecule has 96 valence electrons. The molecule has 17 heavy (non-hydrogen) atoms. The summed E-state index contributed by atoms with van der Waals surface area (Å²) in [5.74, 6) is -1.01. The van der Waals surface area contributed by atoms with Crippen LogP contribution >= 0.6 is 15.9 Å². The average Bonchev–Trinajstić information content (AvgIpc) is 2.18. The van der Waals surface area contributed by atoms with Gasteiger partial charge >= 0.3 is 6.36 Å². The van der Waals surface area contributed by atoms with Crippen LogP contribution in [0.4, 0.5) is 22.0 Å². The third-order valence-corrected chi connectivity index (χ3v) is 2.54. The quantitative estimate of drug-likeness (QED) is 0.870. The number of halogens is 6. The van der Waals surface area contributed by atoms with Gasteiger partial charge in [0.2, 0.25) is 0 Å². The largest absolute Gasteiger partial charge is 0.573 e. The molecule has 2 N–H and O–H groups in total. The highest BCUT2D eigenvalue weighted by molar-refractivity contribution is 9.10. The van der Waals surface area contributed by atoms with E-state index >= 15 is 0 Å². The van der Waals surface area contributed by atoms with Gasteiger partial charge in [0.1, 0.15) is 0 Å². The number of hydrogen-bond donors (Lipinski definition) is 1. The zero-order valence-electron chi connectivity index (χ0n) is 8.06. The van der Waals surface area contributed by atoms with Gasteiger partial charge in [0.05, 0.1) is 15.7 Å². The highest BCUT2D eigenvalue weighted by Gasteiger charge is 2.35. The number of hydrogen-bond acceptors (Lipinski definition) is 3. The van der Waals surface area contributed by atoms with Crippen LogP contribution in [0.25, 0.3) is 0 Å². The van der Waals surface area contributed by atoms with Crippen LogP contribution in [-0.4, -0.2) is 11.3 Å². The predicted molar refractivity (Wildman–Crippen MR) is 51.5 cm³/mol. The van der Waals surface area contributed by atoms with Crippen LogP contribution in [0, 0.1) is 0 Å². The summed E-state index contributed by atoms with van der Waals surface area (Å²) in [4.78, 5) is 3.51. The Morgan fingerprint density at radius 1 is 1.41 bits per heavy atom. The molecule has 0 fully saturated rings. The Morgan fingerprint density at radius 2 is 2.00 bits per heavy atom. The minimum absolute atomic E-state index is 0.00588. The van der Waals surface area contributed by atoms with Gasteiger partial charge in [-0.2, -0.15) is 0 Å². The number of aromatic nitrogens is 1. The molecule has 0 saturated carbocycles. The summed E-state index contributed by atoms with van der Waals surface area (Å²) in [5, 5.41) is 0. The molecule has 0 unspecified atom stereocenters. The molecule has 1 aromatic heterocycles. The SMILES string of the molecule is NCc1ncc(C(F)F)c(OC(F)(F)F)c1Br. The zero-order valence-corrected chi connectivity index (χ0v) is 9.65. The van der Waals surface area contributed by atoms with Crippen LogP contribution in [0.1, 0.15) is 17.7 Å². The molecule has 1 heterocycles. The predicted octanol–water partition coefficient (Wildman–Crippen LogP) is 3.14. The fourth-order valence-electron chi connectivity index (χ4n) is 1.04. The summed E-state index contributed by atoms with van der Waals surface area (Å²) >= 11 is 2.71. The van der Waals surface area contributed by atoms with E-state index in [9.17, 15) is 22.0 Å². The minimum Gasteiger partial charge on any atom is -0.404 e. The molecule has 0 bridgehead atoms. The van der Waals surface area contributed by atoms with Gasteiger partial charge in [-0.25, -0.2) is 8.78 Å². The van der Waals surface area contributed by atoms with Gasteiger partial charge in [0, 0.05) is 12.7 Å². The zero-order chi connectivity index (χ0) is 13.2. The number of rotatable bonds is 3. The van der Waals surface area contributed by atoms with Crippen molar-refractivity contribution in [2.45, 2.75) is 19.3 Å². The molecule has 0 spiro atoms. The van der Waals surface area contributed by atoms with E-state index in [4.69, 9.17) is 5.73 Å². The molecule has 0 radical (unpaired) electrons. The first-order chi connectivity index (χ1) is 7.76. The summed E-state index contributed by atoms with van der Waals surface area (Å²) in [6.07, 6.45) is -7.60. The minimum atomic E-state index is -5.07. The lowest BCUT2D eigenvalue weighted by Gasteiger charge is -2.15. The Hall–Kier alpha value is -0.960. The summed E-state index contributed by atoms with van der Waals surface area (Å²) < 4.78 is 64.4. The van der Waals surface area contributed by atoms with Gasteiger partial charge in [-0.15, -0.1) is 13.2 Å². The van der Waals surface area contributed by atoms with Crippen molar-refractivity contribution in [1.82, 2.24) is 4.98 Å². The number of nitrogens with zero attached hydrogens (tertiary/aromatic N) is 1. The molecule has 9 heteroatoms. The van der Waals surface area contributed by atoms with Crippen molar-refractivity contribution in [2.75, 3.05) is 0 Å². The molecular formula is C8H6BrF5N2O. The van der Waals surface area contributed by atoms with Gasteiger partial charge in [-0.3, -0.25) is 4.98 Å². The first-order valence-corrected chi connectivity index (χ1v) is 4.96. The molecule has 0 aliphatic rings. The number of pyridine rings is 1. The highest BCUT2D eigenvalue weighted by Crippen LogP contribution is 2.39. The van der Waals surface area contributed by atoms with E-state index in [1.807, 2.05) is 0 Å². The maximum Gasteiger partial charge on any atom is 0.573 e. The molecular weight excluding hydrogens is 315 g/mol. The Balaban J connectivity index is 3.30. The van der Waals surface area contributed by atoms with Crippen molar-refractivity contribution in [3.05, 3.63) is 21.9 Å². The van der Waals surface area contributed by atoms with Crippen molar-refractivity contribution in [2.24, 2.45) is 5.73 Å². The molecule has 0 aliphatic heterocycles. The fourth-order valence-corrected chi connectivity index (χ4v) is 1.61. The van der Waals surface area contributed by atoms with E-state index in [1.54, 1.807) is 0 Å². The van der Waals surface area contributed by atoms with E-state index < -0.39 is 24.1 Å². The molecule has 0 saturated heterocycles. The van der Waals surface area contributed by atoms with Crippen LogP contribution in [-0.2, 0) is 6.54 Å². The lowest BCUT2D eigenvalue weighted by atomic mass is 10.2. The van der Waals surface area contributed by atoms with Crippen LogP contribution in [0.3, 0.4) is 0 Å².